The monoisotopic (exact) mass is 240 g/mol. The van der Waals surface area contributed by atoms with Crippen LogP contribution in [0, 0.1) is 5.92 Å². The molecule has 2 saturated heterocycles. The van der Waals surface area contributed by atoms with Gasteiger partial charge in [-0.1, -0.05) is 0 Å². The molecule has 98 valence electrons. The van der Waals surface area contributed by atoms with Gasteiger partial charge in [0.25, 0.3) is 0 Å². The van der Waals surface area contributed by atoms with E-state index < -0.39 is 0 Å². The molecule has 1 amide bonds. The van der Waals surface area contributed by atoms with Gasteiger partial charge in [0.15, 0.2) is 0 Å². The molecule has 0 spiro atoms. The molecule has 2 rings (SSSR count). The average molecular weight is 240 g/mol. The molecule has 0 aliphatic carbocycles. The van der Waals surface area contributed by atoms with Gasteiger partial charge in [-0.25, -0.2) is 0 Å². The summed E-state index contributed by atoms with van der Waals surface area (Å²) in [6.07, 6.45) is 5.90. The Kier molecular flexibility index (Phi) is 4.80. The maximum absolute atomic E-state index is 12.2. The average Bonchev–Trinajstić information content (AvgIpc) is 2.40. The van der Waals surface area contributed by atoms with Gasteiger partial charge in [0.2, 0.25) is 5.91 Å². The minimum atomic E-state index is 0.178. The summed E-state index contributed by atoms with van der Waals surface area (Å²) in [6, 6.07) is 0. The van der Waals surface area contributed by atoms with Crippen molar-refractivity contribution in [2.75, 3.05) is 33.3 Å². The Labute approximate surface area is 104 Å². The predicted octanol–water partition coefficient (Wildman–Crippen LogP) is 1.01. The Balaban J connectivity index is 1.77. The van der Waals surface area contributed by atoms with E-state index in [2.05, 4.69) is 5.32 Å². The van der Waals surface area contributed by atoms with Gasteiger partial charge < -0.3 is 15.0 Å². The molecule has 0 bridgehead atoms. The molecular weight excluding hydrogens is 216 g/mol. The smallest absolute Gasteiger partial charge is 0.226 e. The quantitative estimate of drug-likeness (QED) is 0.800. The fourth-order valence-electron chi connectivity index (χ4n) is 2.72. The van der Waals surface area contributed by atoms with Crippen LogP contribution in [0.2, 0.25) is 0 Å². The van der Waals surface area contributed by atoms with E-state index in [-0.39, 0.29) is 17.9 Å². The zero-order valence-electron chi connectivity index (χ0n) is 10.8. The van der Waals surface area contributed by atoms with Gasteiger partial charge in [0, 0.05) is 26.7 Å². The second-order valence-corrected chi connectivity index (χ2v) is 5.25. The van der Waals surface area contributed by atoms with Gasteiger partial charge in [-0.15, -0.1) is 0 Å². The molecule has 2 atom stereocenters. The number of hydrogen-bond acceptors (Lipinski definition) is 3. The Hall–Kier alpha value is -0.610. The van der Waals surface area contributed by atoms with Crippen LogP contribution >= 0.6 is 0 Å². The first-order valence-corrected chi connectivity index (χ1v) is 6.84. The van der Waals surface area contributed by atoms with Crippen molar-refractivity contribution in [1.82, 2.24) is 10.2 Å². The first kappa shape index (κ1) is 12.8. The number of likely N-dealkylation sites (N-methyl/N-ethyl adjacent to an activating group) is 1. The van der Waals surface area contributed by atoms with Crippen LogP contribution in [0.1, 0.15) is 32.1 Å². The molecule has 2 fully saturated rings. The summed E-state index contributed by atoms with van der Waals surface area (Å²) in [7, 11) is 1.91. The standard InChI is InChI=1S/C13H24N2O2/c1-15(10-12-6-2-3-8-17-12)13(16)11-5-4-7-14-9-11/h11-12,14H,2-10H2,1H3/t11-,12?/m1/s1. The third-order valence-corrected chi connectivity index (χ3v) is 3.77. The predicted molar refractivity (Wildman–Crippen MR) is 66.8 cm³/mol. The highest BCUT2D eigenvalue weighted by atomic mass is 16.5. The van der Waals surface area contributed by atoms with Gasteiger partial charge in [-0.3, -0.25) is 4.79 Å². The molecule has 0 radical (unpaired) electrons. The zero-order chi connectivity index (χ0) is 12.1. The molecule has 1 unspecified atom stereocenters. The second-order valence-electron chi connectivity index (χ2n) is 5.25. The molecule has 1 N–H and O–H groups in total. The van der Waals surface area contributed by atoms with E-state index in [1.54, 1.807) is 0 Å². The van der Waals surface area contributed by atoms with Gasteiger partial charge in [-0.2, -0.15) is 0 Å². The summed E-state index contributed by atoms with van der Waals surface area (Å²) in [4.78, 5) is 14.1. The number of amides is 1. The van der Waals surface area contributed by atoms with Crippen molar-refractivity contribution in [3.05, 3.63) is 0 Å². The van der Waals surface area contributed by atoms with Crippen molar-refractivity contribution in [3.8, 4) is 0 Å². The number of nitrogens with one attached hydrogen (secondary N) is 1. The van der Waals surface area contributed by atoms with Crippen LogP contribution in [0.4, 0.5) is 0 Å². The molecule has 2 aliphatic rings. The molecule has 4 heteroatoms. The molecule has 0 aromatic heterocycles. The van der Waals surface area contributed by atoms with E-state index in [0.29, 0.717) is 0 Å². The Bertz CT molecular complexity index is 246. The van der Waals surface area contributed by atoms with E-state index in [9.17, 15) is 4.79 Å². The number of ether oxygens (including phenoxy) is 1. The van der Waals surface area contributed by atoms with Crippen molar-refractivity contribution < 1.29 is 9.53 Å². The molecule has 0 aromatic rings. The van der Waals surface area contributed by atoms with E-state index in [1.165, 1.54) is 12.8 Å². The highest BCUT2D eigenvalue weighted by molar-refractivity contribution is 5.78. The van der Waals surface area contributed by atoms with E-state index in [0.717, 1.165) is 45.5 Å². The van der Waals surface area contributed by atoms with Crippen LogP contribution < -0.4 is 5.32 Å². The van der Waals surface area contributed by atoms with Crippen LogP contribution in [-0.4, -0.2) is 50.2 Å². The van der Waals surface area contributed by atoms with Crippen LogP contribution in [0.15, 0.2) is 0 Å². The van der Waals surface area contributed by atoms with Crippen LogP contribution in [-0.2, 0) is 9.53 Å². The summed E-state index contributed by atoms with van der Waals surface area (Å²) in [5, 5.41) is 3.30. The molecule has 2 heterocycles. The second kappa shape index (κ2) is 6.36. The minimum Gasteiger partial charge on any atom is -0.376 e. The topological polar surface area (TPSA) is 41.6 Å². The maximum atomic E-state index is 12.2. The molecule has 0 saturated carbocycles. The molecule has 4 nitrogen and oxygen atoms in total. The van der Waals surface area contributed by atoms with Gasteiger partial charge in [-0.05, 0) is 38.6 Å². The summed E-state index contributed by atoms with van der Waals surface area (Å²) >= 11 is 0. The van der Waals surface area contributed by atoms with Crippen molar-refractivity contribution in [1.29, 1.82) is 0 Å². The Morgan fingerprint density at radius 2 is 2.24 bits per heavy atom. The normalized spacial score (nSPS) is 29.9. The van der Waals surface area contributed by atoms with Gasteiger partial charge in [0.1, 0.15) is 0 Å². The number of carbonyl (C=O) groups is 1. The number of rotatable bonds is 3. The molecule has 2 aliphatic heterocycles. The lowest BCUT2D eigenvalue weighted by Crippen LogP contribution is -2.44. The Morgan fingerprint density at radius 3 is 2.88 bits per heavy atom. The number of piperidine rings is 1. The van der Waals surface area contributed by atoms with Crippen LogP contribution in [0.5, 0.6) is 0 Å². The van der Waals surface area contributed by atoms with Crippen LogP contribution in [0.25, 0.3) is 0 Å². The third kappa shape index (κ3) is 3.68. The first-order valence-electron chi connectivity index (χ1n) is 6.84. The Morgan fingerprint density at radius 1 is 1.35 bits per heavy atom. The summed E-state index contributed by atoms with van der Waals surface area (Å²) in [6.45, 7) is 3.51. The zero-order valence-corrected chi connectivity index (χ0v) is 10.8. The highest BCUT2D eigenvalue weighted by Gasteiger charge is 2.26. The minimum absolute atomic E-state index is 0.178. The first-order chi connectivity index (χ1) is 8.27. The third-order valence-electron chi connectivity index (χ3n) is 3.77. The van der Waals surface area contributed by atoms with Gasteiger partial charge >= 0.3 is 0 Å². The number of hydrogen-bond donors (Lipinski definition) is 1. The van der Waals surface area contributed by atoms with Crippen molar-refractivity contribution in [3.63, 3.8) is 0 Å². The lowest BCUT2D eigenvalue weighted by molar-refractivity contribution is -0.137. The van der Waals surface area contributed by atoms with Crippen molar-refractivity contribution >= 4 is 5.91 Å². The lowest BCUT2D eigenvalue weighted by atomic mass is 9.98. The molecule has 0 aromatic carbocycles. The number of nitrogens with zero attached hydrogens (tertiary/aromatic N) is 1. The summed E-state index contributed by atoms with van der Waals surface area (Å²) in [5.74, 6) is 0.462. The SMILES string of the molecule is CN(CC1CCCCO1)C(=O)[C@@H]1CCCNC1. The van der Waals surface area contributed by atoms with E-state index >= 15 is 0 Å². The van der Waals surface area contributed by atoms with Crippen molar-refractivity contribution in [2.24, 2.45) is 5.92 Å². The van der Waals surface area contributed by atoms with E-state index in [1.807, 2.05) is 11.9 Å². The summed E-state index contributed by atoms with van der Waals surface area (Å²) < 4.78 is 5.68. The van der Waals surface area contributed by atoms with Crippen molar-refractivity contribution in [2.45, 2.75) is 38.2 Å². The van der Waals surface area contributed by atoms with Crippen LogP contribution in [0.3, 0.4) is 0 Å². The lowest BCUT2D eigenvalue weighted by Gasteiger charge is -2.31. The summed E-state index contributed by atoms with van der Waals surface area (Å²) in [5.41, 5.74) is 0. The molecule has 17 heavy (non-hydrogen) atoms. The van der Waals surface area contributed by atoms with Gasteiger partial charge in [0.05, 0.1) is 12.0 Å². The fourth-order valence-corrected chi connectivity index (χ4v) is 2.72. The fraction of sp³-hybridized carbons (Fsp3) is 0.923. The largest absolute Gasteiger partial charge is 0.376 e. The molecular formula is C13H24N2O2. The maximum Gasteiger partial charge on any atom is 0.226 e. The highest BCUT2D eigenvalue weighted by Crippen LogP contribution is 2.16. The number of carbonyl (C=O) groups excluding carboxylic acids is 1. The van der Waals surface area contributed by atoms with E-state index in [4.69, 9.17) is 4.74 Å².